The van der Waals surface area contributed by atoms with Crippen LogP contribution >= 0.6 is 0 Å². The van der Waals surface area contributed by atoms with Gasteiger partial charge in [0.15, 0.2) is 18.1 Å². The van der Waals surface area contributed by atoms with Crippen LogP contribution in [0.2, 0.25) is 0 Å². The van der Waals surface area contributed by atoms with Crippen molar-refractivity contribution in [1.82, 2.24) is 5.32 Å². The van der Waals surface area contributed by atoms with Gasteiger partial charge in [0.05, 0.1) is 13.7 Å². The van der Waals surface area contributed by atoms with E-state index in [2.05, 4.69) is 10.6 Å². The van der Waals surface area contributed by atoms with Gasteiger partial charge in [-0.15, -0.1) is 0 Å². The number of rotatable bonds is 10. The van der Waals surface area contributed by atoms with Gasteiger partial charge in [-0.05, 0) is 55.0 Å². The number of benzene rings is 3. The van der Waals surface area contributed by atoms with Crippen molar-refractivity contribution in [1.29, 1.82) is 0 Å². The number of ether oxygens (including phenoxy) is 4. The number of carbonyl (C=O) groups excluding carboxylic acids is 3. The zero-order chi connectivity index (χ0) is 25.0. The number of anilines is 1. The van der Waals surface area contributed by atoms with Crippen molar-refractivity contribution in [3.63, 3.8) is 0 Å². The summed E-state index contributed by atoms with van der Waals surface area (Å²) in [6.45, 7) is 1.86. The van der Waals surface area contributed by atoms with Crippen LogP contribution in [0.4, 0.5) is 10.5 Å². The first-order chi connectivity index (χ1) is 17.0. The van der Waals surface area contributed by atoms with Gasteiger partial charge in [-0.2, -0.15) is 0 Å². The zero-order valence-corrected chi connectivity index (χ0v) is 19.4. The van der Waals surface area contributed by atoms with E-state index in [1.807, 2.05) is 12.1 Å². The van der Waals surface area contributed by atoms with Crippen LogP contribution in [0.1, 0.15) is 22.8 Å². The van der Waals surface area contributed by atoms with Gasteiger partial charge in [0.1, 0.15) is 5.75 Å². The second-order valence-electron chi connectivity index (χ2n) is 7.14. The molecule has 0 saturated carbocycles. The normalized spacial score (nSPS) is 10.1. The molecule has 3 rings (SSSR count). The van der Waals surface area contributed by atoms with E-state index < -0.39 is 6.16 Å². The number of hydrogen-bond donors (Lipinski definition) is 2. The second kappa shape index (κ2) is 12.6. The Morgan fingerprint density at radius 1 is 0.857 bits per heavy atom. The topological polar surface area (TPSA) is 112 Å². The Hall–Kier alpha value is -4.53. The largest absolute Gasteiger partial charge is 0.513 e. The number of amides is 2. The molecule has 0 saturated heterocycles. The summed E-state index contributed by atoms with van der Waals surface area (Å²) >= 11 is 0. The monoisotopic (exact) mass is 478 g/mol. The fourth-order valence-corrected chi connectivity index (χ4v) is 3.06. The van der Waals surface area contributed by atoms with Crippen molar-refractivity contribution in [3.05, 3.63) is 83.9 Å². The Bertz CT molecular complexity index is 1160. The fraction of sp³-hybridized carbons (Fsp3) is 0.192. The highest BCUT2D eigenvalue weighted by atomic mass is 16.7. The van der Waals surface area contributed by atoms with Crippen LogP contribution in [-0.4, -0.2) is 38.3 Å². The molecular formula is C26H26N2O7. The molecule has 0 atom stereocenters. The van der Waals surface area contributed by atoms with Crippen LogP contribution in [0.3, 0.4) is 0 Å². The number of para-hydroxylation sites is 3. The minimum absolute atomic E-state index is 0.184. The standard InChI is InChI=1S/C26H26N2O7/c1-3-33-26(31)35-20-14-12-18(13-15-20)25(30)27-16-19-8-4-5-9-21(19)28-24(29)17-34-23-11-7-6-10-22(23)32-2/h4-15H,3,16-17H2,1-2H3,(H,27,30)(H,28,29). The Morgan fingerprint density at radius 3 is 2.26 bits per heavy atom. The Morgan fingerprint density at radius 2 is 1.54 bits per heavy atom. The predicted molar refractivity (Wildman–Crippen MR) is 129 cm³/mol. The van der Waals surface area contributed by atoms with Crippen LogP contribution in [0.15, 0.2) is 72.8 Å². The third kappa shape index (κ3) is 7.50. The van der Waals surface area contributed by atoms with Crippen molar-refractivity contribution >= 4 is 23.7 Å². The molecule has 0 heterocycles. The van der Waals surface area contributed by atoms with Crippen LogP contribution in [0.5, 0.6) is 17.2 Å². The summed E-state index contributed by atoms with van der Waals surface area (Å²) in [5, 5.41) is 5.61. The van der Waals surface area contributed by atoms with E-state index in [1.165, 1.54) is 31.4 Å². The molecule has 9 nitrogen and oxygen atoms in total. The maximum atomic E-state index is 12.5. The van der Waals surface area contributed by atoms with Gasteiger partial charge in [0, 0.05) is 17.8 Å². The van der Waals surface area contributed by atoms with Gasteiger partial charge in [-0.3, -0.25) is 9.59 Å². The lowest BCUT2D eigenvalue weighted by Crippen LogP contribution is -2.25. The molecule has 0 aliphatic heterocycles. The summed E-state index contributed by atoms with van der Waals surface area (Å²) in [6, 6.07) is 20.3. The molecular weight excluding hydrogens is 452 g/mol. The fourth-order valence-electron chi connectivity index (χ4n) is 3.06. The average molecular weight is 479 g/mol. The summed E-state index contributed by atoms with van der Waals surface area (Å²) in [4.78, 5) is 36.4. The van der Waals surface area contributed by atoms with E-state index in [0.717, 1.165) is 0 Å². The molecule has 3 aromatic rings. The van der Waals surface area contributed by atoms with Gasteiger partial charge in [-0.25, -0.2) is 4.79 Å². The van der Waals surface area contributed by atoms with E-state index >= 15 is 0 Å². The number of hydrogen-bond acceptors (Lipinski definition) is 7. The Balaban J connectivity index is 1.54. The van der Waals surface area contributed by atoms with E-state index in [-0.39, 0.29) is 37.3 Å². The zero-order valence-electron chi connectivity index (χ0n) is 19.4. The summed E-state index contributed by atoms with van der Waals surface area (Å²) in [5.74, 6) is 0.580. The molecule has 0 fully saturated rings. The highest BCUT2D eigenvalue weighted by Gasteiger charge is 2.12. The summed E-state index contributed by atoms with van der Waals surface area (Å²) in [6.07, 6.45) is -0.809. The highest BCUT2D eigenvalue weighted by molar-refractivity contribution is 5.95. The summed E-state index contributed by atoms with van der Waals surface area (Å²) in [5.41, 5.74) is 1.65. The number of nitrogens with one attached hydrogen (secondary N) is 2. The molecule has 0 bridgehead atoms. The van der Waals surface area contributed by atoms with Crippen molar-refractivity contribution in [2.45, 2.75) is 13.5 Å². The summed E-state index contributed by atoms with van der Waals surface area (Å²) in [7, 11) is 1.53. The van der Waals surface area contributed by atoms with Gasteiger partial charge in [-0.1, -0.05) is 30.3 Å². The predicted octanol–water partition coefficient (Wildman–Crippen LogP) is 4.18. The van der Waals surface area contributed by atoms with Crippen LogP contribution in [0.25, 0.3) is 0 Å². The Kier molecular flexibility index (Phi) is 9.07. The van der Waals surface area contributed by atoms with E-state index in [4.69, 9.17) is 18.9 Å². The number of methoxy groups -OCH3 is 1. The minimum atomic E-state index is -0.809. The molecule has 0 aromatic heterocycles. The minimum Gasteiger partial charge on any atom is -0.493 e. The van der Waals surface area contributed by atoms with E-state index in [1.54, 1.807) is 43.3 Å². The molecule has 3 aromatic carbocycles. The third-order valence-electron chi connectivity index (χ3n) is 4.74. The van der Waals surface area contributed by atoms with Crippen molar-refractivity contribution in [2.75, 3.05) is 25.6 Å². The molecule has 0 aliphatic rings. The van der Waals surface area contributed by atoms with Gasteiger partial charge in [0.25, 0.3) is 11.8 Å². The highest BCUT2D eigenvalue weighted by Crippen LogP contribution is 2.25. The summed E-state index contributed by atoms with van der Waals surface area (Å²) < 4.78 is 20.5. The molecule has 0 spiro atoms. The molecule has 2 amide bonds. The first-order valence-electron chi connectivity index (χ1n) is 10.9. The van der Waals surface area contributed by atoms with Gasteiger partial charge in [0.2, 0.25) is 0 Å². The van der Waals surface area contributed by atoms with Crippen molar-refractivity contribution in [3.8, 4) is 17.2 Å². The van der Waals surface area contributed by atoms with E-state index in [0.29, 0.717) is 28.3 Å². The molecule has 182 valence electrons. The van der Waals surface area contributed by atoms with Crippen LogP contribution in [-0.2, 0) is 16.1 Å². The molecule has 0 unspecified atom stereocenters. The van der Waals surface area contributed by atoms with Crippen LogP contribution in [0, 0.1) is 0 Å². The molecule has 0 aliphatic carbocycles. The smallest absolute Gasteiger partial charge is 0.493 e. The molecule has 9 heteroatoms. The average Bonchev–Trinajstić information content (AvgIpc) is 2.87. The molecule has 0 radical (unpaired) electrons. The second-order valence-corrected chi connectivity index (χ2v) is 7.14. The lowest BCUT2D eigenvalue weighted by atomic mass is 10.1. The lowest BCUT2D eigenvalue weighted by molar-refractivity contribution is -0.118. The SMILES string of the molecule is CCOC(=O)Oc1ccc(C(=O)NCc2ccccc2NC(=O)COc2ccccc2OC)cc1. The quantitative estimate of drug-likeness (QED) is 0.332. The van der Waals surface area contributed by atoms with Gasteiger partial charge >= 0.3 is 6.16 Å². The number of carbonyl (C=O) groups is 3. The maximum Gasteiger partial charge on any atom is 0.513 e. The lowest BCUT2D eigenvalue weighted by Gasteiger charge is -2.13. The van der Waals surface area contributed by atoms with Crippen LogP contribution < -0.4 is 24.8 Å². The van der Waals surface area contributed by atoms with Crippen molar-refractivity contribution in [2.24, 2.45) is 0 Å². The first kappa shape index (κ1) is 25.1. The van der Waals surface area contributed by atoms with Gasteiger partial charge < -0.3 is 29.6 Å². The maximum absolute atomic E-state index is 12.5. The van der Waals surface area contributed by atoms with Crippen molar-refractivity contribution < 1.29 is 33.3 Å². The first-order valence-corrected chi connectivity index (χ1v) is 10.9. The van der Waals surface area contributed by atoms with E-state index in [9.17, 15) is 14.4 Å². The third-order valence-corrected chi connectivity index (χ3v) is 4.74. The Labute approximate surface area is 203 Å². The molecule has 2 N–H and O–H groups in total. The molecule has 35 heavy (non-hydrogen) atoms.